The molecule has 1 aromatic carbocycles. The van der Waals surface area contributed by atoms with E-state index in [1.807, 2.05) is 30.3 Å². The Morgan fingerprint density at radius 3 is 2.67 bits per heavy atom. The number of para-hydroxylation sites is 1. The van der Waals surface area contributed by atoms with Crippen LogP contribution in [-0.2, 0) is 14.8 Å². The Balaban J connectivity index is 1.58. The van der Waals surface area contributed by atoms with Crippen LogP contribution in [0.25, 0.3) is 0 Å². The second-order valence-electron chi connectivity index (χ2n) is 5.67. The van der Waals surface area contributed by atoms with E-state index in [-0.39, 0.29) is 11.9 Å². The van der Waals surface area contributed by atoms with Crippen LogP contribution in [-0.4, -0.2) is 31.9 Å². The van der Waals surface area contributed by atoms with Gasteiger partial charge in [0.05, 0.1) is 23.7 Å². The largest absolute Gasteiger partial charge is 0.439 e. The topological polar surface area (TPSA) is 77.5 Å². The van der Waals surface area contributed by atoms with Crippen LogP contribution in [0.3, 0.4) is 0 Å². The highest BCUT2D eigenvalue weighted by Gasteiger charge is 2.22. The molecule has 1 saturated heterocycles. The number of nitrogens with zero attached hydrogens (tertiary/aromatic N) is 1. The molecule has 7 heteroatoms. The summed E-state index contributed by atoms with van der Waals surface area (Å²) in [5, 5.41) is 0. The Morgan fingerprint density at radius 1 is 1.17 bits per heavy atom. The van der Waals surface area contributed by atoms with Gasteiger partial charge in [0.2, 0.25) is 15.9 Å². The molecule has 1 atom stereocenters. The Labute approximate surface area is 141 Å². The van der Waals surface area contributed by atoms with E-state index in [4.69, 9.17) is 9.47 Å². The molecule has 1 aromatic heterocycles. The van der Waals surface area contributed by atoms with Crippen molar-refractivity contribution < 1.29 is 17.9 Å². The lowest BCUT2D eigenvalue weighted by Gasteiger charge is -2.22. The molecule has 0 spiro atoms. The van der Waals surface area contributed by atoms with Crippen LogP contribution in [0.15, 0.2) is 48.7 Å². The van der Waals surface area contributed by atoms with Gasteiger partial charge in [-0.15, -0.1) is 0 Å². The van der Waals surface area contributed by atoms with Crippen LogP contribution in [0.2, 0.25) is 0 Å². The molecule has 0 saturated carbocycles. The van der Waals surface area contributed by atoms with Crippen molar-refractivity contribution in [2.75, 3.05) is 17.1 Å². The molecule has 0 aliphatic carbocycles. The van der Waals surface area contributed by atoms with Crippen LogP contribution >= 0.6 is 0 Å². The van der Waals surface area contributed by atoms with Gasteiger partial charge in [-0.25, -0.2) is 13.4 Å². The molecule has 1 N–H and O–H groups in total. The molecular formula is C17H20N2O4S. The van der Waals surface area contributed by atoms with Gasteiger partial charge in [0.15, 0.2) is 0 Å². The number of aromatic nitrogens is 1. The van der Waals surface area contributed by atoms with Crippen LogP contribution < -0.4 is 9.46 Å². The predicted molar refractivity (Wildman–Crippen MR) is 91.8 cm³/mol. The minimum Gasteiger partial charge on any atom is -0.439 e. The summed E-state index contributed by atoms with van der Waals surface area (Å²) in [4.78, 5) is 4.12. The van der Waals surface area contributed by atoms with Crippen molar-refractivity contribution in [3.63, 3.8) is 0 Å². The summed E-state index contributed by atoms with van der Waals surface area (Å²) in [6, 6.07) is 12.5. The Hall–Kier alpha value is -2.12. The van der Waals surface area contributed by atoms with Gasteiger partial charge in [0.25, 0.3) is 0 Å². The highest BCUT2D eigenvalue weighted by Crippen LogP contribution is 2.21. The normalized spacial score (nSPS) is 18.1. The summed E-state index contributed by atoms with van der Waals surface area (Å²) in [6.45, 7) is 0.632. The summed E-state index contributed by atoms with van der Waals surface area (Å²) >= 11 is 0. The van der Waals surface area contributed by atoms with Gasteiger partial charge in [-0.2, -0.15) is 0 Å². The molecule has 0 radical (unpaired) electrons. The van der Waals surface area contributed by atoms with E-state index in [2.05, 4.69) is 9.71 Å². The van der Waals surface area contributed by atoms with Gasteiger partial charge >= 0.3 is 0 Å². The van der Waals surface area contributed by atoms with Gasteiger partial charge in [-0.1, -0.05) is 18.2 Å². The van der Waals surface area contributed by atoms with E-state index in [0.29, 0.717) is 23.9 Å². The SMILES string of the molecule is O=S(=O)(CC1CCCCO1)Nc1ccc(Oc2ccccc2)nc1. The minimum absolute atomic E-state index is 0.0325. The molecule has 1 fully saturated rings. The highest BCUT2D eigenvalue weighted by atomic mass is 32.2. The zero-order valence-electron chi connectivity index (χ0n) is 13.2. The van der Waals surface area contributed by atoms with Gasteiger partial charge in [0.1, 0.15) is 5.75 Å². The number of benzene rings is 1. The number of sulfonamides is 1. The first-order chi connectivity index (χ1) is 11.6. The Bertz CT molecular complexity index is 742. The molecule has 1 aliphatic heterocycles. The first kappa shape index (κ1) is 16.7. The van der Waals surface area contributed by atoms with Gasteiger partial charge in [-0.3, -0.25) is 4.72 Å². The van der Waals surface area contributed by atoms with Crippen molar-refractivity contribution in [1.29, 1.82) is 0 Å². The standard InChI is InChI=1S/C17H20N2O4S/c20-24(21,13-16-8-4-5-11-22-16)19-14-9-10-17(18-12-14)23-15-6-2-1-3-7-15/h1-3,6-7,9-10,12,16,19H,4-5,8,11,13H2. The molecule has 128 valence electrons. The van der Waals surface area contributed by atoms with E-state index in [9.17, 15) is 8.42 Å². The maximum Gasteiger partial charge on any atom is 0.235 e. The molecule has 24 heavy (non-hydrogen) atoms. The minimum atomic E-state index is -3.46. The van der Waals surface area contributed by atoms with Crippen molar-refractivity contribution in [2.45, 2.75) is 25.4 Å². The lowest BCUT2D eigenvalue weighted by Crippen LogP contribution is -2.30. The molecule has 2 heterocycles. The molecule has 1 aliphatic rings. The molecule has 0 amide bonds. The predicted octanol–water partition coefficient (Wildman–Crippen LogP) is 3.18. The fourth-order valence-electron chi connectivity index (χ4n) is 2.52. The molecular weight excluding hydrogens is 328 g/mol. The second-order valence-corrected chi connectivity index (χ2v) is 7.44. The van der Waals surface area contributed by atoms with E-state index in [1.165, 1.54) is 6.20 Å². The molecule has 2 aromatic rings. The van der Waals surface area contributed by atoms with Gasteiger partial charge in [-0.05, 0) is 37.5 Å². The maximum atomic E-state index is 12.2. The second kappa shape index (κ2) is 7.63. The van der Waals surface area contributed by atoms with Crippen molar-refractivity contribution >= 4 is 15.7 Å². The number of hydrogen-bond acceptors (Lipinski definition) is 5. The highest BCUT2D eigenvalue weighted by molar-refractivity contribution is 7.92. The number of rotatable bonds is 6. The third-order valence-electron chi connectivity index (χ3n) is 3.65. The fourth-order valence-corrected chi connectivity index (χ4v) is 3.83. The van der Waals surface area contributed by atoms with Gasteiger partial charge in [0, 0.05) is 12.7 Å². The number of anilines is 1. The third kappa shape index (κ3) is 4.94. The summed E-state index contributed by atoms with van der Waals surface area (Å²) in [7, 11) is -3.46. The average Bonchev–Trinajstić information content (AvgIpc) is 2.58. The summed E-state index contributed by atoms with van der Waals surface area (Å²) in [6.07, 6.45) is 4.00. The monoisotopic (exact) mass is 348 g/mol. The van der Waals surface area contributed by atoms with Crippen molar-refractivity contribution in [3.8, 4) is 11.6 Å². The number of nitrogens with one attached hydrogen (secondary N) is 1. The summed E-state index contributed by atoms with van der Waals surface area (Å²) < 4.78 is 38.0. The zero-order chi connectivity index (χ0) is 16.8. The third-order valence-corrected chi connectivity index (χ3v) is 5.01. The van der Waals surface area contributed by atoms with Gasteiger partial charge < -0.3 is 9.47 Å². The first-order valence-corrected chi connectivity index (χ1v) is 9.57. The Kier molecular flexibility index (Phi) is 5.32. The lowest BCUT2D eigenvalue weighted by atomic mass is 10.1. The van der Waals surface area contributed by atoms with Crippen LogP contribution in [0.1, 0.15) is 19.3 Å². The van der Waals surface area contributed by atoms with Crippen LogP contribution in [0, 0.1) is 0 Å². The first-order valence-electron chi connectivity index (χ1n) is 7.92. The molecule has 0 bridgehead atoms. The molecule has 1 unspecified atom stereocenters. The van der Waals surface area contributed by atoms with Crippen molar-refractivity contribution in [3.05, 3.63) is 48.7 Å². The lowest BCUT2D eigenvalue weighted by molar-refractivity contribution is 0.0306. The summed E-state index contributed by atoms with van der Waals surface area (Å²) in [5.74, 6) is 1.04. The van der Waals surface area contributed by atoms with E-state index < -0.39 is 10.0 Å². The number of ether oxygens (including phenoxy) is 2. The smallest absolute Gasteiger partial charge is 0.235 e. The summed E-state index contributed by atoms with van der Waals surface area (Å²) in [5.41, 5.74) is 0.409. The molecule has 3 rings (SSSR count). The number of pyridine rings is 1. The van der Waals surface area contributed by atoms with Crippen molar-refractivity contribution in [2.24, 2.45) is 0 Å². The zero-order valence-corrected chi connectivity index (χ0v) is 14.0. The van der Waals surface area contributed by atoms with Crippen LogP contribution in [0.4, 0.5) is 5.69 Å². The fraction of sp³-hybridized carbons (Fsp3) is 0.353. The Morgan fingerprint density at radius 2 is 2.00 bits per heavy atom. The van der Waals surface area contributed by atoms with E-state index in [0.717, 1.165) is 19.3 Å². The quantitative estimate of drug-likeness (QED) is 0.867. The van der Waals surface area contributed by atoms with E-state index in [1.54, 1.807) is 12.1 Å². The maximum absolute atomic E-state index is 12.2. The molecule has 6 nitrogen and oxygen atoms in total. The average molecular weight is 348 g/mol. The van der Waals surface area contributed by atoms with E-state index >= 15 is 0 Å². The van der Waals surface area contributed by atoms with Crippen molar-refractivity contribution in [1.82, 2.24) is 4.98 Å². The van der Waals surface area contributed by atoms with Crippen LogP contribution in [0.5, 0.6) is 11.6 Å². The number of hydrogen-bond donors (Lipinski definition) is 1.